The minimum Gasteiger partial charge on any atom is -0.496 e. The van der Waals surface area contributed by atoms with Gasteiger partial charge in [-0.05, 0) is 19.8 Å². The Morgan fingerprint density at radius 2 is 2.32 bits per heavy atom. The van der Waals surface area contributed by atoms with E-state index in [2.05, 4.69) is 5.32 Å². The van der Waals surface area contributed by atoms with Crippen LogP contribution in [0.15, 0.2) is 18.2 Å². The number of nitro benzene ring substituents is 1. The quantitative estimate of drug-likeness (QED) is 0.655. The molecule has 1 unspecified atom stereocenters. The van der Waals surface area contributed by atoms with Gasteiger partial charge >= 0.3 is 0 Å². The lowest BCUT2D eigenvalue weighted by atomic mass is 10.0. The number of ether oxygens (including phenoxy) is 2. The van der Waals surface area contributed by atoms with Gasteiger partial charge in [-0.1, -0.05) is 0 Å². The Balaban J connectivity index is 2.10. The number of anilines is 1. The molecular weight excluding hydrogens is 248 g/mol. The lowest BCUT2D eigenvalue weighted by Gasteiger charge is -2.24. The number of hydrogen-bond donors (Lipinski definition) is 1. The zero-order valence-electron chi connectivity index (χ0n) is 11.1. The summed E-state index contributed by atoms with van der Waals surface area (Å²) in [6.07, 6.45) is 2.04. The molecule has 0 amide bonds. The average Bonchev–Trinajstić information content (AvgIpc) is 2.83. The van der Waals surface area contributed by atoms with Crippen LogP contribution in [0.4, 0.5) is 11.4 Å². The van der Waals surface area contributed by atoms with Crippen molar-refractivity contribution in [1.29, 1.82) is 0 Å². The molecule has 1 aliphatic heterocycles. The average molecular weight is 266 g/mol. The Morgan fingerprint density at radius 3 is 2.89 bits per heavy atom. The third-order valence-electron chi connectivity index (χ3n) is 3.30. The van der Waals surface area contributed by atoms with Crippen molar-refractivity contribution in [2.24, 2.45) is 0 Å². The number of hydrogen-bond acceptors (Lipinski definition) is 5. The van der Waals surface area contributed by atoms with Crippen LogP contribution in [-0.4, -0.2) is 30.8 Å². The van der Waals surface area contributed by atoms with E-state index in [4.69, 9.17) is 9.47 Å². The van der Waals surface area contributed by atoms with Crippen molar-refractivity contribution in [1.82, 2.24) is 0 Å². The second kappa shape index (κ2) is 5.44. The van der Waals surface area contributed by atoms with Crippen molar-refractivity contribution in [3.63, 3.8) is 0 Å². The van der Waals surface area contributed by atoms with E-state index in [0.717, 1.165) is 19.4 Å². The van der Waals surface area contributed by atoms with Gasteiger partial charge in [0, 0.05) is 31.0 Å². The predicted octanol–water partition coefficient (Wildman–Crippen LogP) is 2.58. The molecule has 0 aliphatic carbocycles. The van der Waals surface area contributed by atoms with Crippen LogP contribution >= 0.6 is 0 Å². The minimum absolute atomic E-state index is 0.0133. The van der Waals surface area contributed by atoms with Gasteiger partial charge in [0.1, 0.15) is 5.75 Å². The summed E-state index contributed by atoms with van der Waals surface area (Å²) in [6, 6.07) is 4.64. The molecule has 19 heavy (non-hydrogen) atoms. The lowest BCUT2D eigenvalue weighted by Crippen LogP contribution is -2.32. The van der Waals surface area contributed by atoms with Gasteiger partial charge in [-0.25, -0.2) is 0 Å². The first-order valence-corrected chi connectivity index (χ1v) is 6.24. The minimum atomic E-state index is -0.429. The van der Waals surface area contributed by atoms with E-state index in [1.807, 2.05) is 6.92 Å². The van der Waals surface area contributed by atoms with E-state index in [0.29, 0.717) is 18.0 Å². The molecule has 104 valence electrons. The summed E-state index contributed by atoms with van der Waals surface area (Å²) in [5, 5.41) is 14.0. The van der Waals surface area contributed by atoms with Gasteiger partial charge in [-0.3, -0.25) is 10.1 Å². The van der Waals surface area contributed by atoms with Gasteiger partial charge in [-0.2, -0.15) is 0 Å². The molecule has 0 radical (unpaired) electrons. The first-order valence-electron chi connectivity index (χ1n) is 6.24. The molecule has 0 bridgehead atoms. The number of nitrogens with zero attached hydrogens (tertiary/aromatic N) is 1. The van der Waals surface area contributed by atoms with Crippen molar-refractivity contribution < 1.29 is 14.4 Å². The maximum Gasteiger partial charge on any atom is 0.275 e. The van der Waals surface area contributed by atoms with E-state index in [9.17, 15) is 10.1 Å². The molecule has 0 aromatic heterocycles. The maximum absolute atomic E-state index is 10.8. The summed E-state index contributed by atoms with van der Waals surface area (Å²) in [4.78, 5) is 10.4. The number of non-ortho nitro benzene ring substituents is 1. The number of rotatable bonds is 5. The summed E-state index contributed by atoms with van der Waals surface area (Å²) in [7, 11) is 1.49. The summed E-state index contributed by atoms with van der Waals surface area (Å²) in [5.41, 5.74) is 0.486. The van der Waals surface area contributed by atoms with Crippen LogP contribution in [0.25, 0.3) is 0 Å². The van der Waals surface area contributed by atoms with Crippen LogP contribution < -0.4 is 10.1 Å². The molecule has 1 saturated heterocycles. The van der Waals surface area contributed by atoms with Crippen LogP contribution in [0.5, 0.6) is 5.75 Å². The highest BCUT2D eigenvalue weighted by Crippen LogP contribution is 2.28. The molecule has 1 fully saturated rings. The van der Waals surface area contributed by atoms with Gasteiger partial charge in [0.15, 0.2) is 0 Å². The smallest absolute Gasteiger partial charge is 0.275 e. The molecule has 1 aromatic rings. The number of nitro groups is 1. The molecule has 1 atom stereocenters. The Kier molecular flexibility index (Phi) is 3.90. The third kappa shape index (κ3) is 3.35. The largest absolute Gasteiger partial charge is 0.496 e. The molecule has 1 aliphatic rings. The first-order chi connectivity index (χ1) is 9.02. The van der Waals surface area contributed by atoms with E-state index in [-0.39, 0.29) is 11.3 Å². The molecule has 1 N–H and O–H groups in total. The van der Waals surface area contributed by atoms with Gasteiger partial charge in [-0.15, -0.1) is 0 Å². The molecule has 1 heterocycles. The second-order valence-corrected chi connectivity index (χ2v) is 4.93. The Bertz CT molecular complexity index is 470. The van der Waals surface area contributed by atoms with E-state index < -0.39 is 4.92 Å². The van der Waals surface area contributed by atoms with E-state index in [1.165, 1.54) is 19.2 Å². The zero-order valence-corrected chi connectivity index (χ0v) is 11.1. The highest BCUT2D eigenvalue weighted by Gasteiger charge is 2.29. The van der Waals surface area contributed by atoms with E-state index in [1.54, 1.807) is 6.07 Å². The third-order valence-corrected chi connectivity index (χ3v) is 3.30. The molecule has 1 aromatic carbocycles. The number of benzene rings is 1. The van der Waals surface area contributed by atoms with Crippen molar-refractivity contribution >= 4 is 11.4 Å². The Labute approximate surface area is 111 Å². The van der Waals surface area contributed by atoms with Crippen LogP contribution in [-0.2, 0) is 4.74 Å². The first kappa shape index (κ1) is 13.6. The standard InChI is InChI=1S/C13H18N2O4/c1-13(4-3-5-19-13)9-14-10-6-11(15(16)17)8-12(7-10)18-2/h6-8,14H,3-5,9H2,1-2H3. The lowest BCUT2D eigenvalue weighted by molar-refractivity contribution is -0.384. The highest BCUT2D eigenvalue weighted by molar-refractivity contribution is 5.56. The van der Waals surface area contributed by atoms with Crippen LogP contribution in [0, 0.1) is 10.1 Å². The summed E-state index contributed by atoms with van der Waals surface area (Å²) < 4.78 is 10.7. The van der Waals surface area contributed by atoms with Gasteiger partial charge in [0.25, 0.3) is 5.69 Å². The van der Waals surface area contributed by atoms with Gasteiger partial charge < -0.3 is 14.8 Å². The Hall–Kier alpha value is -1.82. The highest BCUT2D eigenvalue weighted by atomic mass is 16.6. The van der Waals surface area contributed by atoms with Crippen molar-refractivity contribution in [2.45, 2.75) is 25.4 Å². The van der Waals surface area contributed by atoms with Crippen LogP contribution in [0.2, 0.25) is 0 Å². The molecule has 0 saturated carbocycles. The van der Waals surface area contributed by atoms with Gasteiger partial charge in [0.05, 0.1) is 23.7 Å². The normalized spacial score (nSPS) is 22.2. The summed E-state index contributed by atoms with van der Waals surface area (Å²) >= 11 is 0. The fraction of sp³-hybridized carbons (Fsp3) is 0.538. The fourth-order valence-electron chi connectivity index (χ4n) is 2.17. The topological polar surface area (TPSA) is 73.6 Å². The molecule has 2 rings (SSSR count). The summed E-state index contributed by atoms with van der Waals surface area (Å²) in [6.45, 7) is 3.44. The van der Waals surface area contributed by atoms with Crippen LogP contribution in [0.3, 0.4) is 0 Å². The molecule has 0 spiro atoms. The fourth-order valence-corrected chi connectivity index (χ4v) is 2.17. The number of nitrogens with one attached hydrogen (secondary N) is 1. The number of methoxy groups -OCH3 is 1. The monoisotopic (exact) mass is 266 g/mol. The molecule has 6 heteroatoms. The zero-order chi connectivity index (χ0) is 13.9. The molecular formula is C13H18N2O4. The van der Waals surface area contributed by atoms with Gasteiger partial charge in [0.2, 0.25) is 0 Å². The second-order valence-electron chi connectivity index (χ2n) is 4.93. The Morgan fingerprint density at radius 1 is 1.53 bits per heavy atom. The van der Waals surface area contributed by atoms with Crippen molar-refractivity contribution in [3.8, 4) is 5.75 Å². The van der Waals surface area contributed by atoms with E-state index >= 15 is 0 Å². The maximum atomic E-state index is 10.8. The summed E-state index contributed by atoms with van der Waals surface area (Å²) in [5.74, 6) is 0.467. The van der Waals surface area contributed by atoms with Crippen LogP contribution in [0.1, 0.15) is 19.8 Å². The predicted molar refractivity (Wildman–Crippen MR) is 71.7 cm³/mol. The van der Waals surface area contributed by atoms with Crippen molar-refractivity contribution in [3.05, 3.63) is 28.3 Å². The SMILES string of the molecule is COc1cc(NCC2(C)CCCO2)cc([N+](=O)[O-])c1. The van der Waals surface area contributed by atoms with Crippen molar-refractivity contribution in [2.75, 3.05) is 25.6 Å². The molecule has 6 nitrogen and oxygen atoms in total.